The van der Waals surface area contributed by atoms with Crippen LogP contribution in [0.4, 0.5) is 4.79 Å². The van der Waals surface area contributed by atoms with Gasteiger partial charge in [0.15, 0.2) is 0 Å². The predicted octanol–water partition coefficient (Wildman–Crippen LogP) is 0.0587. The van der Waals surface area contributed by atoms with Crippen LogP contribution in [0.1, 0.15) is 17.0 Å². The molecule has 2 aliphatic heterocycles. The zero-order valence-corrected chi connectivity index (χ0v) is 16.6. The molecule has 1 saturated heterocycles. The minimum atomic E-state index is -0.857. The molecule has 1 unspecified atom stereocenters. The molecule has 148 valence electrons. The Balaban J connectivity index is 2.13. The number of aromatic nitrogens is 2. The molecule has 0 radical (unpaired) electrons. The van der Waals surface area contributed by atoms with Crippen LogP contribution < -0.4 is 0 Å². The lowest BCUT2D eigenvalue weighted by molar-refractivity contribution is -0.527. The summed E-state index contributed by atoms with van der Waals surface area (Å²) in [5.74, 6) is -0.496. The molecule has 1 aromatic heterocycles. The summed E-state index contributed by atoms with van der Waals surface area (Å²) < 4.78 is 7.99. The number of methoxy groups -OCH3 is 1. The summed E-state index contributed by atoms with van der Waals surface area (Å²) >= 11 is 0. The standard InChI is InChI=1S/C18H23N6O4/c1-7-8-22-14-15(19-17(22)24-12(4)10(2)11(3)20-24)21(5)18(27)23(16(14)26)9-13(25)28-6/h7,14H,1,8-9H2,2-6H3/q+1. The van der Waals surface area contributed by atoms with E-state index in [1.54, 1.807) is 15.3 Å². The predicted molar refractivity (Wildman–Crippen MR) is 100 cm³/mol. The summed E-state index contributed by atoms with van der Waals surface area (Å²) in [5.41, 5.74) is 2.75. The summed E-state index contributed by atoms with van der Waals surface area (Å²) in [7, 11) is 2.72. The van der Waals surface area contributed by atoms with E-state index in [2.05, 4.69) is 21.4 Å². The van der Waals surface area contributed by atoms with Crippen LogP contribution in [0, 0.1) is 20.8 Å². The van der Waals surface area contributed by atoms with E-state index >= 15 is 0 Å². The molecule has 10 nitrogen and oxygen atoms in total. The Labute approximate surface area is 162 Å². The molecule has 3 rings (SSSR count). The molecular weight excluding hydrogens is 364 g/mol. The molecule has 0 aromatic carbocycles. The van der Waals surface area contributed by atoms with E-state index in [0.29, 0.717) is 12.5 Å². The van der Waals surface area contributed by atoms with Crippen molar-refractivity contribution in [2.24, 2.45) is 4.99 Å². The highest BCUT2D eigenvalue weighted by Gasteiger charge is 2.53. The van der Waals surface area contributed by atoms with Crippen LogP contribution in [0.3, 0.4) is 0 Å². The van der Waals surface area contributed by atoms with Crippen LogP contribution in [-0.4, -0.2) is 87.1 Å². The Kier molecular flexibility index (Phi) is 4.88. The average molecular weight is 387 g/mol. The largest absolute Gasteiger partial charge is 0.468 e. The van der Waals surface area contributed by atoms with Gasteiger partial charge in [0.05, 0.1) is 19.3 Å². The van der Waals surface area contributed by atoms with Crippen molar-refractivity contribution >= 4 is 29.7 Å². The topological polar surface area (TPSA) is 100 Å². The highest BCUT2D eigenvalue weighted by Crippen LogP contribution is 2.22. The Bertz CT molecular complexity index is 958. The van der Waals surface area contributed by atoms with Gasteiger partial charge >= 0.3 is 18.0 Å². The van der Waals surface area contributed by atoms with Gasteiger partial charge in [-0.25, -0.2) is 14.3 Å². The Morgan fingerprint density at radius 2 is 2.00 bits per heavy atom. The Hall–Kier alpha value is -3.30. The molecule has 28 heavy (non-hydrogen) atoms. The number of urea groups is 1. The molecule has 0 N–H and O–H groups in total. The second kappa shape index (κ2) is 7.02. The van der Waals surface area contributed by atoms with Gasteiger partial charge in [-0.2, -0.15) is 0 Å². The van der Waals surface area contributed by atoms with Crippen molar-refractivity contribution in [1.29, 1.82) is 0 Å². The first kappa shape index (κ1) is 19.5. The molecule has 10 heteroatoms. The summed E-state index contributed by atoms with van der Waals surface area (Å²) in [6.45, 7) is 9.38. The monoisotopic (exact) mass is 387 g/mol. The number of ether oxygens (including phenoxy) is 1. The fraction of sp³-hybridized carbons (Fsp3) is 0.444. The minimum absolute atomic E-state index is 0.290. The maximum Gasteiger partial charge on any atom is 0.421 e. The van der Waals surface area contributed by atoms with Crippen molar-refractivity contribution in [3.8, 4) is 0 Å². The first-order valence-corrected chi connectivity index (χ1v) is 8.75. The number of hydrogen-bond acceptors (Lipinski definition) is 6. The third-order valence-corrected chi connectivity index (χ3v) is 5.07. The van der Waals surface area contributed by atoms with Crippen molar-refractivity contribution in [2.45, 2.75) is 26.8 Å². The van der Waals surface area contributed by atoms with E-state index in [1.807, 2.05) is 20.8 Å². The van der Waals surface area contributed by atoms with Crippen molar-refractivity contribution < 1.29 is 23.7 Å². The zero-order valence-electron chi connectivity index (χ0n) is 16.6. The molecule has 0 aliphatic carbocycles. The molecule has 1 fully saturated rings. The number of fused-ring (bicyclic) bond motifs is 1. The van der Waals surface area contributed by atoms with Crippen LogP contribution >= 0.6 is 0 Å². The van der Waals surface area contributed by atoms with E-state index in [0.717, 1.165) is 21.9 Å². The minimum Gasteiger partial charge on any atom is -0.468 e. The lowest BCUT2D eigenvalue weighted by atomic mass is 10.1. The van der Waals surface area contributed by atoms with Crippen molar-refractivity contribution in [3.05, 3.63) is 29.6 Å². The average Bonchev–Trinajstić information content (AvgIpc) is 3.16. The number of amides is 3. The van der Waals surface area contributed by atoms with Gasteiger partial charge in [0.1, 0.15) is 12.2 Å². The number of hydrogen-bond donors (Lipinski definition) is 0. The van der Waals surface area contributed by atoms with Crippen molar-refractivity contribution in [3.63, 3.8) is 0 Å². The maximum absolute atomic E-state index is 13.1. The summed E-state index contributed by atoms with van der Waals surface area (Å²) in [5, 5.41) is 4.53. The fourth-order valence-electron chi connectivity index (χ4n) is 3.26. The number of carbonyl (C=O) groups excluding carboxylic acids is 3. The van der Waals surface area contributed by atoms with Crippen LogP contribution in [0.25, 0.3) is 0 Å². The van der Waals surface area contributed by atoms with E-state index in [-0.39, 0.29) is 5.84 Å². The fourth-order valence-corrected chi connectivity index (χ4v) is 3.26. The molecule has 2 aliphatic rings. The third kappa shape index (κ3) is 2.81. The summed E-state index contributed by atoms with van der Waals surface area (Å²) in [4.78, 5) is 44.1. The van der Waals surface area contributed by atoms with Crippen LogP contribution in [0.2, 0.25) is 0 Å². The smallest absolute Gasteiger partial charge is 0.421 e. The van der Waals surface area contributed by atoms with E-state index in [1.165, 1.54) is 19.1 Å². The van der Waals surface area contributed by atoms with Gasteiger partial charge in [0, 0.05) is 12.6 Å². The van der Waals surface area contributed by atoms with Crippen LogP contribution in [0.15, 0.2) is 17.6 Å². The molecule has 3 amide bonds. The van der Waals surface area contributed by atoms with Gasteiger partial charge < -0.3 is 4.74 Å². The number of likely N-dealkylation sites (N-methyl/N-ethyl adjacent to an activating group) is 1. The van der Waals surface area contributed by atoms with E-state index in [4.69, 9.17) is 0 Å². The number of amidine groups is 1. The number of esters is 1. The lowest BCUT2D eigenvalue weighted by Gasteiger charge is -2.33. The third-order valence-electron chi connectivity index (χ3n) is 5.07. The van der Waals surface area contributed by atoms with Gasteiger partial charge in [0.2, 0.25) is 11.9 Å². The highest BCUT2D eigenvalue weighted by atomic mass is 16.5. The van der Waals surface area contributed by atoms with Gasteiger partial charge in [-0.1, -0.05) is 17.6 Å². The molecule has 1 aromatic rings. The van der Waals surface area contributed by atoms with E-state index < -0.39 is 30.5 Å². The molecular formula is C18H23N6O4+. The quantitative estimate of drug-likeness (QED) is 0.413. The second-order valence-electron chi connectivity index (χ2n) is 6.66. The number of nitrogens with zero attached hydrogens (tertiary/aromatic N) is 6. The number of rotatable bonds is 4. The first-order chi connectivity index (χ1) is 13.2. The van der Waals surface area contributed by atoms with Crippen molar-refractivity contribution in [1.82, 2.24) is 19.6 Å². The first-order valence-electron chi connectivity index (χ1n) is 8.75. The van der Waals surface area contributed by atoms with Gasteiger partial charge in [-0.3, -0.25) is 14.5 Å². The van der Waals surface area contributed by atoms with Gasteiger partial charge in [-0.15, -0.1) is 9.78 Å². The summed E-state index contributed by atoms with van der Waals surface area (Å²) in [6, 6.07) is -1.49. The number of imide groups is 1. The maximum atomic E-state index is 13.1. The second-order valence-corrected chi connectivity index (χ2v) is 6.66. The van der Waals surface area contributed by atoms with Crippen LogP contribution in [0.5, 0.6) is 0 Å². The number of carbonyl (C=O) groups is 3. The van der Waals surface area contributed by atoms with Crippen LogP contribution in [-0.2, 0) is 14.3 Å². The lowest BCUT2D eigenvalue weighted by Crippen LogP contribution is -2.63. The molecule has 1 atom stereocenters. The van der Waals surface area contributed by atoms with E-state index in [9.17, 15) is 14.4 Å². The SMILES string of the molecule is C=CC[N+]1=C(n2nc(C)c(C)c2C)N=C2C1C(=O)N(CC(=O)OC)C(=O)N2C. The van der Waals surface area contributed by atoms with Crippen molar-refractivity contribution in [2.75, 3.05) is 27.2 Å². The molecule has 0 saturated carbocycles. The number of aliphatic imine (C=N–C) groups is 1. The van der Waals surface area contributed by atoms with Gasteiger partial charge in [-0.05, 0) is 20.8 Å². The Morgan fingerprint density at radius 1 is 1.32 bits per heavy atom. The highest BCUT2D eigenvalue weighted by molar-refractivity contribution is 6.23. The summed E-state index contributed by atoms with van der Waals surface area (Å²) in [6.07, 6.45) is 1.64. The molecule has 0 bridgehead atoms. The molecule has 3 heterocycles. The normalized spacial score (nSPS) is 19.2. The van der Waals surface area contributed by atoms with Gasteiger partial charge in [0.25, 0.3) is 5.91 Å². The number of aryl methyl sites for hydroxylation is 1. The Morgan fingerprint density at radius 3 is 2.54 bits per heavy atom. The molecule has 0 spiro atoms. The zero-order chi connectivity index (χ0) is 20.7.